The average Bonchev–Trinajstić information content (AvgIpc) is 2.90. The first-order chi connectivity index (χ1) is 17.4. The van der Waals surface area contributed by atoms with Crippen LogP contribution in [0.25, 0.3) is 0 Å². The molecule has 4 aromatic carbocycles. The minimum Gasteiger partial charge on any atom is -0.457 e. The second-order valence-electron chi connectivity index (χ2n) is 7.94. The molecule has 4 aromatic rings. The van der Waals surface area contributed by atoms with Crippen LogP contribution in [0.2, 0.25) is 5.02 Å². The molecular weight excluding hydrogens is 496 g/mol. The van der Waals surface area contributed by atoms with Gasteiger partial charge in [-0.05, 0) is 79.2 Å². The number of ether oxygens (including phenoxy) is 1. The number of rotatable bonds is 10. The third-order valence-corrected chi connectivity index (χ3v) is 7.10. The number of benzene rings is 4. The summed E-state index contributed by atoms with van der Waals surface area (Å²) in [4.78, 5) is 15.1. The van der Waals surface area contributed by atoms with Crippen molar-refractivity contribution in [2.75, 3.05) is 18.0 Å². The van der Waals surface area contributed by atoms with Crippen LogP contribution in [-0.2, 0) is 10.0 Å². The van der Waals surface area contributed by atoms with E-state index in [1.165, 1.54) is 24.3 Å². The summed E-state index contributed by atoms with van der Waals surface area (Å²) in [6.07, 6.45) is 0.410. The molecule has 0 saturated carbocycles. The lowest BCUT2D eigenvalue weighted by Gasteiger charge is -2.23. The van der Waals surface area contributed by atoms with Crippen LogP contribution in [0.3, 0.4) is 0 Å². The number of hydrogen-bond acceptors (Lipinski definition) is 4. The fourth-order valence-corrected chi connectivity index (χ4v) is 4.74. The van der Waals surface area contributed by atoms with Gasteiger partial charge in [0.15, 0.2) is 0 Å². The SMILES string of the molecule is O=C(c1ccccc1)N(CCCNS(=O)(=O)c1ccc(Cl)cc1)c1ccc(Oc2ccccc2)cc1. The highest BCUT2D eigenvalue weighted by Gasteiger charge is 2.19. The van der Waals surface area contributed by atoms with E-state index in [2.05, 4.69) is 4.72 Å². The number of sulfonamides is 1. The van der Waals surface area contributed by atoms with E-state index in [9.17, 15) is 13.2 Å². The third-order valence-electron chi connectivity index (χ3n) is 5.37. The van der Waals surface area contributed by atoms with E-state index in [0.717, 1.165) is 5.75 Å². The lowest BCUT2D eigenvalue weighted by atomic mass is 10.1. The van der Waals surface area contributed by atoms with Crippen LogP contribution in [0, 0.1) is 0 Å². The van der Waals surface area contributed by atoms with Gasteiger partial charge in [-0.3, -0.25) is 4.79 Å². The van der Waals surface area contributed by atoms with Gasteiger partial charge in [0.2, 0.25) is 10.0 Å². The highest BCUT2D eigenvalue weighted by Crippen LogP contribution is 2.25. The molecule has 0 radical (unpaired) electrons. The van der Waals surface area contributed by atoms with Crippen molar-refractivity contribution in [2.45, 2.75) is 11.3 Å². The lowest BCUT2D eigenvalue weighted by Crippen LogP contribution is -2.34. The molecule has 1 amide bonds. The fraction of sp³-hybridized carbons (Fsp3) is 0.107. The number of para-hydroxylation sites is 1. The molecule has 0 atom stereocenters. The first kappa shape index (κ1) is 25.4. The Hall–Kier alpha value is -3.65. The van der Waals surface area contributed by atoms with E-state index in [1.54, 1.807) is 29.2 Å². The second-order valence-corrected chi connectivity index (χ2v) is 10.1. The Morgan fingerprint density at radius 1 is 0.778 bits per heavy atom. The van der Waals surface area contributed by atoms with E-state index < -0.39 is 10.0 Å². The normalized spacial score (nSPS) is 11.1. The maximum Gasteiger partial charge on any atom is 0.258 e. The molecule has 184 valence electrons. The van der Waals surface area contributed by atoms with Crippen LogP contribution in [0.1, 0.15) is 16.8 Å². The molecule has 4 rings (SSSR count). The minimum atomic E-state index is -3.68. The summed E-state index contributed by atoms with van der Waals surface area (Å²) in [5.74, 6) is 1.19. The Morgan fingerprint density at radius 3 is 2.00 bits per heavy atom. The van der Waals surface area contributed by atoms with Gasteiger partial charge in [0.1, 0.15) is 11.5 Å². The van der Waals surface area contributed by atoms with Gasteiger partial charge >= 0.3 is 0 Å². The Morgan fingerprint density at radius 2 is 1.36 bits per heavy atom. The number of hydrogen-bond donors (Lipinski definition) is 1. The molecule has 0 heterocycles. The maximum absolute atomic E-state index is 13.3. The Balaban J connectivity index is 1.45. The zero-order valence-corrected chi connectivity index (χ0v) is 21.0. The predicted octanol–water partition coefficient (Wildman–Crippen LogP) is 6.15. The zero-order valence-electron chi connectivity index (χ0n) is 19.4. The molecule has 0 aliphatic carbocycles. The molecule has 0 aromatic heterocycles. The van der Waals surface area contributed by atoms with Gasteiger partial charge in [-0.1, -0.05) is 48.0 Å². The molecule has 6 nitrogen and oxygen atoms in total. The predicted molar refractivity (Wildman–Crippen MR) is 142 cm³/mol. The van der Waals surface area contributed by atoms with Crippen LogP contribution in [0.5, 0.6) is 11.5 Å². The summed E-state index contributed by atoms with van der Waals surface area (Å²) in [5.41, 5.74) is 1.23. The van der Waals surface area contributed by atoms with Gasteiger partial charge in [-0.15, -0.1) is 0 Å². The fourth-order valence-electron chi connectivity index (χ4n) is 3.54. The molecule has 1 N–H and O–H groups in total. The number of anilines is 1. The van der Waals surface area contributed by atoms with Gasteiger partial charge < -0.3 is 9.64 Å². The highest BCUT2D eigenvalue weighted by molar-refractivity contribution is 7.89. The zero-order chi connectivity index (χ0) is 25.4. The smallest absolute Gasteiger partial charge is 0.258 e. The third kappa shape index (κ3) is 6.73. The number of nitrogens with zero attached hydrogens (tertiary/aromatic N) is 1. The molecule has 8 heteroatoms. The molecule has 0 spiro atoms. The van der Waals surface area contributed by atoms with E-state index in [0.29, 0.717) is 35.0 Å². The van der Waals surface area contributed by atoms with Gasteiger partial charge in [0, 0.05) is 29.4 Å². The molecule has 0 aliphatic heterocycles. The van der Waals surface area contributed by atoms with Crippen molar-refractivity contribution < 1.29 is 17.9 Å². The van der Waals surface area contributed by atoms with Crippen molar-refractivity contribution in [3.05, 3.63) is 120 Å². The largest absolute Gasteiger partial charge is 0.457 e. The van der Waals surface area contributed by atoms with Crippen molar-refractivity contribution in [3.8, 4) is 11.5 Å². The minimum absolute atomic E-state index is 0.137. The van der Waals surface area contributed by atoms with Crippen molar-refractivity contribution in [1.82, 2.24) is 4.72 Å². The average molecular weight is 521 g/mol. The quantitative estimate of drug-likeness (QED) is 0.254. The van der Waals surface area contributed by atoms with E-state index in [1.807, 2.05) is 60.7 Å². The van der Waals surface area contributed by atoms with Gasteiger partial charge in [0.25, 0.3) is 5.91 Å². The summed E-state index contributed by atoms with van der Waals surface area (Å²) in [7, 11) is -3.68. The topological polar surface area (TPSA) is 75.7 Å². The van der Waals surface area contributed by atoms with E-state index in [4.69, 9.17) is 16.3 Å². The van der Waals surface area contributed by atoms with Crippen LogP contribution in [0.15, 0.2) is 114 Å². The number of nitrogens with one attached hydrogen (secondary N) is 1. The Bertz CT molecular complexity index is 1380. The molecular formula is C28H25ClN2O4S. The number of carbonyl (C=O) groups is 1. The molecule has 0 bridgehead atoms. The van der Waals surface area contributed by atoms with Crippen molar-refractivity contribution in [2.24, 2.45) is 0 Å². The molecule has 0 unspecified atom stereocenters. The van der Waals surface area contributed by atoms with Crippen LogP contribution >= 0.6 is 11.6 Å². The summed E-state index contributed by atoms with van der Waals surface area (Å²) in [6.45, 7) is 0.481. The Labute approximate surface area is 216 Å². The summed E-state index contributed by atoms with van der Waals surface area (Å²) in [5, 5.41) is 0.462. The summed E-state index contributed by atoms with van der Waals surface area (Å²) in [6, 6.07) is 31.6. The first-order valence-corrected chi connectivity index (χ1v) is 13.2. The monoisotopic (exact) mass is 520 g/mol. The first-order valence-electron chi connectivity index (χ1n) is 11.4. The van der Waals surface area contributed by atoms with Gasteiger partial charge in [0.05, 0.1) is 4.90 Å². The lowest BCUT2D eigenvalue weighted by molar-refractivity contribution is 0.0986. The second kappa shape index (κ2) is 11.9. The molecule has 0 aliphatic rings. The van der Waals surface area contributed by atoms with Gasteiger partial charge in [-0.2, -0.15) is 0 Å². The van der Waals surface area contributed by atoms with Crippen molar-refractivity contribution in [1.29, 1.82) is 0 Å². The number of carbonyl (C=O) groups excluding carboxylic acids is 1. The molecule has 0 saturated heterocycles. The van der Waals surface area contributed by atoms with Crippen LogP contribution in [-0.4, -0.2) is 27.4 Å². The molecule has 0 fully saturated rings. The summed E-state index contributed by atoms with van der Waals surface area (Å²) >= 11 is 5.85. The van der Waals surface area contributed by atoms with Crippen molar-refractivity contribution in [3.63, 3.8) is 0 Å². The van der Waals surface area contributed by atoms with Crippen LogP contribution < -0.4 is 14.4 Å². The van der Waals surface area contributed by atoms with E-state index in [-0.39, 0.29) is 17.3 Å². The van der Waals surface area contributed by atoms with Crippen molar-refractivity contribution >= 4 is 33.2 Å². The van der Waals surface area contributed by atoms with Crippen LogP contribution in [0.4, 0.5) is 5.69 Å². The molecule has 36 heavy (non-hydrogen) atoms. The standard InChI is InChI=1S/C28H25ClN2O4S/c29-23-12-18-27(19-13-23)36(33,34)30-20-7-21-31(28(32)22-8-3-1-4-9-22)24-14-16-26(17-15-24)35-25-10-5-2-6-11-25/h1-6,8-19,30H,7,20-21H2. The van der Waals surface area contributed by atoms with E-state index >= 15 is 0 Å². The number of halogens is 1. The maximum atomic E-state index is 13.3. The highest BCUT2D eigenvalue weighted by atomic mass is 35.5. The summed E-state index contributed by atoms with van der Waals surface area (Å²) < 4.78 is 33.5. The number of amides is 1. The Kier molecular flexibility index (Phi) is 8.38. The van der Waals surface area contributed by atoms with Gasteiger partial charge in [-0.25, -0.2) is 13.1 Å².